The summed E-state index contributed by atoms with van der Waals surface area (Å²) in [5, 5.41) is 3.48. The van der Waals surface area contributed by atoms with Crippen LogP contribution >= 0.6 is 0 Å². The van der Waals surface area contributed by atoms with Gasteiger partial charge in [-0.15, -0.1) is 0 Å². The van der Waals surface area contributed by atoms with Crippen molar-refractivity contribution in [1.82, 2.24) is 10.2 Å². The predicted molar refractivity (Wildman–Crippen MR) is 73.5 cm³/mol. The molecule has 0 unspecified atom stereocenters. The molecule has 0 aromatic heterocycles. The number of alkyl halides is 2. The van der Waals surface area contributed by atoms with Gasteiger partial charge in [0.15, 0.2) is 0 Å². The Hall–Kier alpha value is -1.00. The van der Waals surface area contributed by atoms with E-state index in [1.54, 1.807) is 11.9 Å². The molecule has 0 aliphatic heterocycles. The molecule has 1 fully saturated rings. The first-order valence-corrected chi connectivity index (χ1v) is 6.92. The standard InChI is InChI=1S/C15H22F2N2/c1-19(11-15(16)17)10-13-5-3-2-4-12(13)8-9-18-14-6-7-14/h2-5,14-15,18H,6-11H2,1H3. The van der Waals surface area contributed by atoms with E-state index in [2.05, 4.69) is 11.4 Å². The molecule has 0 heterocycles. The molecule has 2 rings (SSSR count). The van der Waals surface area contributed by atoms with Gasteiger partial charge >= 0.3 is 0 Å². The van der Waals surface area contributed by atoms with Gasteiger partial charge in [-0.1, -0.05) is 24.3 Å². The molecule has 2 nitrogen and oxygen atoms in total. The summed E-state index contributed by atoms with van der Waals surface area (Å²) in [5.41, 5.74) is 2.42. The van der Waals surface area contributed by atoms with Crippen molar-refractivity contribution in [2.45, 2.75) is 38.3 Å². The Morgan fingerprint density at radius 3 is 2.58 bits per heavy atom. The van der Waals surface area contributed by atoms with Gasteiger partial charge in [0.25, 0.3) is 6.43 Å². The smallest absolute Gasteiger partial charge is 0.251 e. The van der Waals surface area contributed by atoms with Crippen LogP contribution in [0.1, 0.15) is 24.0 Å². The minimum Gasteiger partial charge on any atom is -0.314 e. The second-order valence-corrected chi connectivity index (χ2v) is 5.33. The lowest BCUT2D eigenvalue weighted by Crippen LogP contribution is -2.25. The summed E-state index contributed by atoms with van der Waals surface area (Å²) in [6.07, 6.45) is 1.28. The van der Waals surface area contributed by atoms with Gasteiger partial charge in [-0.05, 0) is 44.0 Å². The van der Waals surface area contributed by atoms with E-state index in [9.17, 15) is 8.78 Å². The minimum absolute atomic E-state index is 0.172. The Morgan fingerprint density at radius 1 is 1.26 bits per heavy atom. The molecule has 4 heteroatoms. The van der Waals surface area contributed by atoms with E-state index in [4.69, 9.17) is 0 Å². The molecular weight excluding hydrogens is 246 g/mol. The molecule has 106 valence electrons. The molecule has 0 bridgehead atoms. The van der Waals surface area contributed by atoms with Gasteiger partial charge in [0, 0.05) is 12.6 Å². The van der Waals surface area contributed by atoms with Crippen molar-refractivity contribution in [3.63, 3.8) is 0 Å². The average molecular weight is 268 g/mol. The van der Waals surface area contributed by atoms with Crippen molar-refractivity contribution >= 4 is 0 Å². The molecule has 1 aromatic rings. The van der Waals surface area contributed by atoms with Crippen LogP contribution in [0.25, 0.3) is 0 Å². The Labute approximate surface area is 113 Å². The van der Waals surface area contributed by atoms with E-state index >= 15 is 0 Å². The molecule has 0 spiro atoms. The fourth-order valence-corrected chi connectivity index (χ4v) is 2.25. The third-order valence-electron chi connectivity index (χ3n) is 3.41. The van der Waals surface area contributed by atoms with Crippen LogP contribution in [0.3, 0.4) is 0 Å². The molecule has 1 aromatic carbocycles. The largest absolute Gasteiger partial charge is 0.314 e. The van der Waals surface area contributed by atoms with Crippen LogP contribution in [-0.4, -0.2) is 37.5 Å². The Bertz CT molecular complexity index is 391. The second-order valence-electron chi connectivity index (χ2n) is 5.33. The van der Waals surface area contributed by atoms with Crippen molar-refractivity contribution in [2.24, 2.45) is 0 Å². The van der Waals surface area contributed by atoms with Crippen LogP contribution in [0, 0.1) is 0 Å². The van der Waals surface area contributed by atoms with Crippen LogP contribution in [0.2, 0.25) is 0 Å². The monoisotopic (exact) mass is 268 g/mol. The number of halogens is 2. The summed E-state index contributed by atoms with van der Waals surface area (Å²) in [4.78, 5) is 1.68. The van der Waals surface area contributed by atoms with Crippen molar-refractivity contribution in [2.75, 3.05) is 20.1 Å². The highest BCUT2D eigenvalue weighted by Gasteiger charge is 2.19. The molecule has 1 aliphatic carbocycles. The predicted octanol–water partition coefficient (Wildman–Crippen LogP) is 2.68. The summed E-state index contributed by atoms with van der Waals surface area (Å²) in [7, 11) is 1.74. The third kappa shape index (κ3) is 5.25. The number of nitrogens with zero attached hydrogens (tertiary/aromatic N) is 1. The molecule has 1 aliphatic rings. The van der Waals surface area contributed by atoms with Gasteiger partial charge in [-0.3, -0.25) is 4.90 Å². The van der Waals surface area contributed by atoms with E-state index in [-0.39, 0.29) is 6.54 Å². The van der Waals surface area contributed by atoms with Gasteiger partial charge in [0.2, 0.25) is 0 Å². The van der Waals surface area contributed by atoms with Gasteiger partial charge in [0.1, 0.15) is 0 Å². The first kappa shape index (κ1) is 14.4. The van der Waals surface area contributed by atoms with Crippen LogP contribution < -0.4 is 5.32 Å². The molecule has 19 heavy (non-hydrogen) atoms. The average Bonchev–Trinajstić information content (AvgIpc) is 3.14. The van der Waals surface area contributed by atoms with Crippen molar-refractivity contribution < 1.29 is 8.78 Å². The number of hydrogen-bond acceptors (Lipinski definition) is 2. The maximum absolute atomic E-state index is 12.3. The van der Waals surface area contributed by atoms with Crippen LogP contribution in [0.15, 0.2) is 24.3 Å². The van der Waals surface area contributed by atoms with Crippen LogP contribution in [-0.2, 0) is 13.0 Å². The van der Waals surface area contributed by atoms with Gasteiger partial charge in [-0.25, -0.2) is 8.78 Å². The second kappa shape index (κ2) is 6.96. The topological polar surface area (TPSA) is 15.3 Å². The molecular formula is C15H22F2N2. The summed E-state index contributed by atoms with van der Waals surface area (Å²) in [5.74, 6) is 0. The first-order chi connectivity index (χ1) is 9.15. The Balaban J connectivity index is 1.86. The van der Waals surface area contributed by atoms with Gasteiger partial charge in [-0.2, -0.15) is 0 Å². The first-order valence-electron chi connectivity index (χ1n) is 6.92. The van der Waals surface area contributed by atoms with E-state index in [1.807, 2.05) is 18.2 Å². The maximum Gasteiger partial charge on any atom is 0.251 e. The molecule has 0 saturated heterocycles. The highest BCUT2D eigenvalue weighted by atomic mass is 19.3. The summed E-state index contributed by atoms with van der Waals surface area (Å²) >= 11 is 0. The number of benzene rings is 1. The van der Waals surface area contributed by atoms with Crippen molar-refractivity contribution in [3.8, 4) is 0 Å². The zero-order valence-corrected chi connectivity index (χ0v) is 11.4. The quantitative estimate of drug-likeness (QED) is 0.780. The zero-order chi connectivity index (χ0) is 13.7. The number of hydrogen-bond donors (Lipinski definition) is 1. The lowest BCUT2D eigenvalue weighted by molar-refractivity contribution is 0.0974. The lowest BCUT2D eigenvalue weighted by Gasteiger charge is -2.18. The molecule has 1 N–H and O–H groups in total. The highest BCUT2D eigenvalue weighted by molar-refractivity contribution is 5.27. The maximum atomic E-state index is 12.3. The molecule has 1 saturated carbocycles. The van der Waals surface area contributed by atoms with E-state index in [1.165, 1.54) is 18.4 Å². The Morgan fingerprint density at radius 2 is 1.95 bits per heavy atom. The van der Waals surface area contributed by atoms with Crippen molar-refractivity contribution in [3.05, 3.63) is 35.4 Å². The fourth-order valence-electron chi connectivity index (χ4n) is 2.25. The zero-order valence-electron chi connectivity index (χ0n) is 11.4. The number of rotatable bonds is 8. The summed E-state index contributed by atoms with van der Waals surface area (Å²) in [6, 6.07) is 8.84. The highest BCUT2D eigenvalue weighted by Crippen LogP contribution is 2.19. The molecule has 0 atom stereocenters. The van der Waals surface area contributed by atoms with E-state index < -0.39 is 6.43 Å². The summed E-state index contributed by atoms with van der Waals surface area (Å²) in [6.45, 7) is 1.39. The molecule has 0 amide bonds. The minimum atomic E-state index is -2.27. The van der Waals surface area contributed by atoms with Crippen LogP contribution in [0.4, 0.5) is 8.78 Å². The fraction of sp³-hybridized carbons (Fsp3) is 0.600. The van der Waals surface area contributed by atoms with Gasteiger partial charge in [0.05, 0.1) is 6.54 Å². The summed E-state index contributed by atoms with van der Waals surface area (Å²) < 4.78 is 24.7. The van der Waals surface area contributed by atoms with Crippen molar-refractivity contribution in [1.29, 1.82) is 0 Å². The normalized spacial score (nSPS) is 15.4. The van der Waals surface area contributed by atoms with E-state index in [0.717, 1.165) is 18.5 Å². The number of nitrogens with one attached hydrogen (secondary N) is 1. The van der Waals surface area contributed by atoms with Gasteiger partial charge < -0.3 is 5.32 Å². The third-order valence-corrected chi connectivity index (χ3v) is 3.41. The van der Waals surface area contributed by atoms with Crippen LogP contribution in [0.5, 0.6) is 0 Å². The molecule has 0 radical (unpaired) electrons. The Kier molecular flexibility index (Phi) is 5.28. The van der Waals surface area contributed by atoms with E-state index in [0.29, 0.717) is 12.6 Å². The SMILES string of the molecule is CN(Cc1ccccc1CCNC1CC1)CC(F)F. The lowest BCUT2D eigenvalue weighted by atomic mass is 10.0.